The third-order valence-corrected chi connectivity index (χ3v) is 5.03. The SMILES string of the molecule is COc1ccc([C@@H](OC(=O)Nc2ccccc2)[C@@H](CC/C=C/C(=O)O)Oc2ccccc2)cc1O. The molecule has 3 rings (SSSR count). The number of para-hydroxylation sites is 2. The predicted molar refractivity (Wildman–Crippen MR) is 131 cm³/mol. The quantitative estimate of drug-likeness (QED) is 0.310. The van der Waals surface area contributed by atoms with Gasteiger partial charge in [-0.15, -0.1) is 0 Å². The van der Waals surface area contributed by atoms with Crippen molar-refractivity contribution in [3.8, 4) is 17.2 Å². The molecule has 0 aromatic heterocycles. The highest BCUT2D eigenvalue weighted by atomic mass is 16.6. The van der Waals surface area contributed by atoms with Crippen LogP contribution in [0, 0.1) is 0 Å². The molecule has 8 heteroatoms. The molecule has 0 spiro atoms. The molecule has 0 aliphatic carbocycles. The van der Waals surface area contributed by atoms with Gasteiger partial charge in [-0.05, 0) is 49.2 Å². The molecule has 0 saturated heterocycles. The number of phenolic OH excluding ortho intramolecular Hbond substituents is 1. The number of amides is 1. The van der Waals surface area contributed by atoms with Crippen LogP contribution in [-0.2, 0) is 9.53 Å². The number of hydrogen-bond donors (Lipinski definition) is 3. The topological polar surface area (TPSA) is 114 Å². The van der Waals surface area contributed by atoms with Crippen LogP contribution in [-0.4, -0.2) is 35.5 Å². The Morgan fingerprint density at radius 1 is 1.00 bits per heavy atom. The molecule has 3 aromatic carbocycles. The molecule has 0 radical (unpaired) electrons. The van der Waals surface area contributed by atoms with Gasteiger partial charge in [-0.2, -0.15) is 0 Å². The summed E-state index contributed by atoms with van der Waals surface area (Å²) in [6, 6.07) is 22.6. The third kappa shape index (κ3) is 7.82. The van der Waals surface area contributed by atoms with Crippen molar-refractivity contribution >= 4 is 17.7 Å². The lowest BCUT2D eigenvalue weighted by atomic mass is 9.99. The number of carboxylic acids is 1. The fraction of sp³-hybridized carbons (Fsp3) is 0.185. The van der Waals surface area contributed by atoms with E-state index in [1.165, 1.54) is 19.3 Å². The molecule has 182 valence electrons. The van der Waals surface area contributed by atoms with Crippen molar-refractivity contribution in [3.05, 3.63) is 96.6 Å². The van der Waals surface area contributed by atoms with Gasteiger partial charge >= 0.3 is 12.1 Å². The van der Waals surface area contributed by atoms with E-state index in [1.54, 1.807) is 48.5 Å². The molecule has 3 N–H and O–H groups in total. The van der Waals surface area contributed by atoms with Gasteiger partial charge in [-0.1, -0.05) is 48.5 Å². The van der Waals surface area contributed by atoms with E-state index in [9.17, 15) is 14.7 Å². The first kappa shape index (κ1) is 25.2. The molecule has 0 aliphatic heterocycles. The van der Waals surface area contributed by atoms with Crippen LogP contribution in [0.4, 0.5) is 10.5 Å². The molecular formula is C27H27NO7. The zero-order valence-electron chi connectivity index (χ0n) is 19.2. The molecule has 0 heterocycles. The monoisotopic (exact) mass is 477 g/mol. The summed E-state index contributed by atoms with van der Waals surface area (Å²) >= 11 is 0. The van der Waals surface area contributed by atoms with E-state index in [2.05, 4.69) is 5.32 Å². The van der Waals surface area contributed by atoms with Crippen LogP contribution in [0.2, 0.25) is 0 Å². The van der Waals surface area contributed by atoms with Gasteiger partial charge in [0.15, 0.2) is 17.6 Å². The summed E-state index contributed by atoms with van der Waals surface area (Å²) in [7, 11) is 1.44. The van der Waals surface area contributed by atoms with E-state index < -0.39 is 24.3 Å². The predicted octanol–water partition coefficient (Wildman–Crippen LogP) is 5.56. The zero-order valence-corrected chi connectivity index (χ0v) is 19.2. The molecule has 0 saturated carbocycles. The first-order valence-corrected chi connectivity index (χ1v) is 11.0. The molecule has 0 bridgehead atoms. The van der Waals surface area contributed by atoms with Crippen molar-refractivity contribution in [1.82, 2.24) is 0 Å². The van der Waals surface area contributed by atoms with Gasteiger partial charge in [0, 0.05) is 17.3 Å². The van der Waals surface area contributed by atoms with Crippen LogP contribution in [0.1, 0.15) is 24.5 Å². The highest BCUT2D eigenvalue weighted by Gasteiger charge is 2.30. The molecule has 0 aliphatic rings. The number of aliphatic carboxylic acids is 1. The first-order chi connectivity index (χ1) is 17.0. The van der Waals surface area contributed by atoms with Crippen molar-refractivity contribution in [3.63, 3.8) is 0 Å². The van der Waals surface area contributed by atoms with Gasteiger partial charge in [-0.25, -0.2) is 9.59 Å². The summed E-state index contributed by atoms with van der Waals surface area (Å²) in [4.78, 5) is 23.7. The number of ether oxygens (including phenoxy) is 3. The number of phenols is 1. The normalized spacial score (nSPS) is 12.5. The Morgan fingerprint density at radius 3 is 2.31 bits per heavy atom. The number of nitrogens with one attached hydrogen (secondary N) is 1. The number of hydrogen-bond acceptors (Lipinski definition) is 6. The van der Waals surface area contributed by atoms with Gasteiger partial charge in [0.25, 0.3) is 0 Å². The highest BCUT2D eigenvalue weighted by molar-refractivity contribution is 5.84. The fourth-order valence-electron chi connectivity index (χ4n) is 3.42. The van der Waals surface area contributed by atoms with Crippen LogP contribution in [0.5, 0.6) is 17.2 Å². The minimum absolute atomic E-state index is 0.119. The average molecular weight is 478 g/mol. The number of aromatic hydroxyl groups is 1. The lowest BCUT2D eigenvalue weighted by Crippen LogP contribution is -2.31. The second-order valence-electron chi connectivity index (χ2n) is 7.54. The van der Waals surface area contributed by atoms with Crippen LogP contribution in [0.3, 0.4) is 0 Å². The Bertz CT molecular complexity index is 1130. The lowest BCUT2D eigenvalue weighted by Gasteiger charge is -2.28. The summed E-state index contributed by atoms with van der Waals surface area (Å²) in [6.45, 7) is 0. The van der Waals surface area contributed by atoms with Gasteiger partial charge in [0.1, 0.15) is 11.9 Å². The Morgan fingerprint density at radius 2 is 1.69 bits per heavy atom. The Kier molecular flexibility index (Phi) is 9.13. The number of allylic oxidation sites excluding steroid dienone is 1. The Hall–Kier alpha value is -4.46. The number of methoxy groups -OCH3 is 1. The minimum atomic E-state index is -1.05. The number of rotatable bonds is 11. The van der Waals surface area contributed by atoms with Gasteiger partial charge in [0.2, 0.25) is 0 Å². The number of carboxylic acid groups (broad SMARTS) is 1. The van der Waals surface area contributed by atoms with E-state index in [4.69, 9.17) is 19.3 Å². The number of carbonyl (C=O) groups is 2. The van der Waals surface area contributed by atoms with E-state index >= 15 is 0 Å². The van der Waals surface area contributed by atoms with Crippen molar-refractivity contribution in [2.45, 2.75) is 25.0 Å². The summed E-state index contributed by atoms with van der Waals surface area (Å²) in [5.74, 6) is -0.354. The van der Waals surface area contributed by atoms with Gasteiger partial charge < -0.3 is 24.4 Å². The second kappa shape index (κ2) is 12.7. The van der Waals surface area contributed by atoms with Gasteiger partial charge in [-0.3, -0.25) is 5.32 Å². The smallest absolute Gasteiger partial charge is 0.412 e. The summed E-state index contributed by atoms with van der Waals surface area (Å²) < 4.78 is 17.1. The van der Waals surface area contributed by atoms with E-state index in [-0.39, 0.29) is 11.5 Å². The minimum Gasteiger partial charge on any atom is -0.504 e. The van der Waals surface area contributed by atoms with E-state index in [0.29, 0.717) is 29.8 Å². The van der Waals surface area contributed by atoms with Crippen molar-refractivity contribution < 1.29 is 34.0 Å². The number of benzene rings is 3. The van der Waals surface area contributed by atoms with Crippen molar-refractivity contribution in [2.24, 2.45) is 0 Å². The molecule has 3 aromatic rings. The first-order valence-electron chi connectivity index (χ1n) is 11.0. The van der Waals surface area contributed by atoms with Crippen LogP contribution in [0.25, 0.3) is 0 Å². The van der Waals surface area contributed by atoms with Crippen LogP contribution < -0.4 is 14.8 Å². The van der Waals surface area contributed by atoms with Crippen LogP contribution >= 0.6 is 0 Å². The Labute approximate surface area is 203 Å². The second-order valence-corrected chi connectivity index (χ2v) is 7.54. The molecule has 0 unspecified atom stereocenters. The molecular weight excluding hydrogens is 450 g/mol. The maximum absolute atomic E-state index is 12.8. The summed E-state index contributed by atoms with van der Waals surface area (Å²) in [6.07, 6.45) is 0.895. The molecule has 2 atom stereocenters. The largest absolute Gasteiger partial charge is 0.504 e. The summed E-state index contributed by atoms with van der Waals surface area (Å²) in [5, 5.41) is 21.9. The van der Waals surface area contributed by atoms with E-state index in [1.807, 2.05) is 24.3 Å². The highest BCUT2D eigenvalue weighted by Crippen LogP contribution is 2.34. The molecule has 1 amide bonds. The molecule has 35 heavy (non-hydrogen) atoms. The molecule has 0 fully saturated rings. The summed E-state index contributed by atoms with van der Waals surface area (Å²) in [5.41, 5.74) is 1.04. The standard InChI is InChI=1S/C27H27NO7/c1-33-23-17-16-19(18-22(23)29)26(35-27(32)28-20-10-4-2-5-11-20)24(14-8-9-15-25(30)31)34-21-12-6-3-7-13-21/h2-7,9-13,15-18,24,26,29H,8,14H2,1H3,(H,28,32)(H,30,31)/b15-9+/t24-,26-/m1/s1. The van der Waals surface area contributed by atoms with Crippen molar-refractivity contribution in [1.29, 1.82) is 0 Å². The Balaban J connectivity index is 1.92. The van der Waals surface area contributed by atoms with E-state index in [0.717, 1.165) is 6.08 Å². The van der Waals surface area contributed by atoms with Crippen LogP contribution in [0.15, 0.2) is 91.0 Å². The zero-order chi connectivity index (χ0) is 25.0. The lowest BCUT2D eigenvalue weighted by molar-refractivity contribution is -0.131. The average Bonchev–Trinajstić information content (AvgIpc) is 2.85. The maximum atomic E-state index is 12.8. The number of anilines is 1. The van der Waals surface area contributed by atoms with Crippen molar-refractivity contribution in [2.75, 3.05) is 12.4 Å². The maximum Gasteiger partial charge on any atom is 0.412 e. The number of carbonyl (C=O) groups excluding carboxylic acids is 1. The molecule has 8 nitrogen and oxygen atoms in total. The third-order valence-electron chi connectivity index (χ3n) is 5.03. The van der Waals surface area contributed by atoms with Gasteiger partial charge in [0.05, 0.1) is 7.11 Å². The fourth-order valence-corrected chi connectivity index (χ4v) is 3.42.